The number of ether oxygens (including phenoxy) is 2. The van der Waals surface area contributed by atoms with Gasteiger partial charge in [-0.2, -0.15) is 0 Å². The Morgan fingerprint density at radius 2 is 1.93 bits per heavy atom. The number of benzene rings is 2. The molecule has 0 amide bonds. The monoisotopic (exact) mass is 381 g/mol. The molecule has 0 aliphatic heterocycles. The summed E-state index contributed by atoms with van der Waals surface area (Å²) in [5.74, 6) is 1.40. The number of H-pyrrole nitrogens is 1. The summed E-state index contributed by atoms with van der Waals surface area (Å²) in [5.41, 5.74) is 3.21. The Hall–Kier alpha value is -3.09. The first kappa shape index (κ1) is 17.3. The van der Waals surface area contributed by atoms with E-state index in [9.17, 15) is 0 Å². The molecule has 4 aromatic rings. The Labute approximate surface area is 160 Å². The van der Waals surface area contributed by atoms with Crippen molar-refractivity contribution in [2.24, 2.45) is 5.16 Å². The van der Waals surface area contributed by atoms with Crippen molar-refractivity contribution in [1.29, 1.82) is 0 Å². The molecule has 0 fully saturated rings. The molecule has 0 spiro atoms. The van der Waals surface area contributed by atoms with Crippen molar-refractivity contribution in [2.45, 2.75) is 6.61 Å². The lowest BCUT2D eigenvalue weighted by molar-refractivity contribution is 0.185. The maximum Gasteiger partial charge on any atom is 0.128 e. The van der Waals surface area contributed by atoms with Gasteiger partial charge in [0.25, 0.3) is 0 Å². The van der Waals surface area contributed by atoms with Gasteiger partial charge in [-0.25, -0.2) is 0 Å². The normalized spacial score (nSPS) is 11.6. The molecule has 0 aliphatic carbocycles. The van der Waals surface area contributed by atoms with E-state index in [-0.39, 0.29) is 0 Å². The van der Waals surface area contributed by atoms with Gasteiger partial charge in [0.15, 0.2) is 0 Å². The molecule has 136 valence electrons. The summed E-state index contributed by atoms with van der Waals surface area (Å²) in [6.45, 7) is 0.334. The Bertz CT molecular complexity index is 1140. The van der Waals surface area contributed by atoms with Gasteiger partial charge in [0.05, 0.1) is 30.2 Å². The fraction of sp³-hybridized carbons (Fsp3) is 0.100. The van der Waals surface area contributed by atoms with E-state index < -0.39 is 0 Å². The number of nitrogens with one attached hydrogen (secondary N) is 1. The van der Waals surface area contributed by atoms with Gasteiger partial charge in [0, 0.05) is 34.0 Å². The van der Waals surface area contributed by atoms with E-state index in [1.165, 1.54) is 6.21 Å². The van der Waals surface area contributed by atoms with Crippen molar-refractivity contribution >= 4 is 39.6 Å². The Morgan fingerprint density at radius 3 is 2.67 bits per heavy atom. The maximum atomic E-state index is 8.93. The van der Waals surface area contributed by atoms with Crippen molar-refractivity contribution in [1.82, 2.24) is 9.97 Å². The lowest BCUT2D eigenvalue weighted by atomic mass is 10.1. The Balaban J connectivity index is 1.86. The number of nitrogens with zero attached hydrogens (tertiary/aromatic N) is 2. The number of fused-ring (bicyclic) bond motifs is 3. The van der Waals surface area contributed by atoms with E-state index in [0.717, 1.165) is 27.4 Å². The smallest absolute Gasteiger partial charge is 0.128 e. The topological polar surface area (TPSA) is 79.7 Å². The van der Waals surface area contributed by atoms with Crippen molar-refractivity contribution in [3.05, 3.63) is 64.9 Å². The van der Waals surface area contributed by atoms with Crippen molar-refractivity contribution in [2.75, 3.05) is 7.11 Å². The van der Waals surface area contributed by atoms with E-state index in [2.05, 4.69) is 15.1 Å². The van der Waals surface area contributed by atoms with Crippen LogP contribution >= 0.6 is 11.6 Å². The number of hydrogen-bond acceptors (Lipinski definition) is 5. The molecule has 6 nitrogen and oxygen atoms in total. The summed E-state index contributed by atoms with van der Waals surface area (Å²) in [7, 11) is 1.61. The molecule has 2 aromatic heterocycles. The molecule has 7 heteroatoms. The Kier molecular flexibility index (Phi) is 4.66. The number of aromatic amines is 1. The molecule has 0 bridgehead atoms. The number of aromatic nitrogens is 2. The van der Waals surface area contributed by atoms with Gasteiger partial charge < -0.3 is 19.7 Å². The summed E-state index contributed by atoms with van der Waals surface area (Å²) in [5, 5.41) is 14.6. The SMILES string of the molecule is COCc1c(/C=N\O)ncc2[nH]c3ccc(Oc4ccc(Cl)cc4)cc3c12. The molecule has 2 N–H and O–H groups in total. The van der Waals surface area contributed by atoms with Gasteiger partial charge in [-0.1, -0.05) is 16.8 Å². The average molecular weight is 382 g/mol. The number of hydrogen-bond donors (Lipinski definition) is 2. The van der Waals surface area contributed by atoms with Crippen molar-refractivity contribution in [3.8, 4) is 11.5 Å². The number of methoxy groups -OCH3 is 1. The van der Waals surface area contributed by atoms with Crippen LogP contribution in [0.25, 0.3) is 21.8 Å². The predicted molar refractivity (Wildman–Crippen MR) is 105 cm³/mol. The van der Waals surface area contributed by atoms with E-state index in [0.29, 0.717) is 28.8 Å². The third kappa shape index (κ3) is 3.32. The number of pyridine rings is 1. The van der Waals surface area contributed by atoms with Crippen LogP contribution in [0, 0.1) is 0 Å². The first-order valence-corrected chi connectivity index (χ1v) is 8.60. The van der Waals surface area contributed by atoms with Gasteiger partial charge in [0.2, 0.25) is 0 Å². The molecule has 0 aliphatic rings. The number of rotatable bonds is 5. The fourth-order valence-electron chi connectivity index (χ4n) is 3.11. The first-order valence-electron chi connectivity index (χ1n) is 8.22. The second-order valence-electron chi connectivity index (χ2n) is 5.98. The van der Waals surface area contributed by atoms with E-state index in [1.54, 1.807) is 25.4 Å². The van der Waals surface area contributed by atoms with Gasteiger partial charge >= 0.3 is 0 Å². The molecule has 0 unspecified atom stereocenters. The zero-order valence-electron chi connectivity index (χ0n) is 14.4. The lowest BCUT2D eigenvalue weighted by Gasteiger charge is -2.08. The minimum Gasteiger partial charge on any atom is -0.457 e. The minimum atomic E-state index is 0.334. The highest BCUT2D eigenvalue weighted by atomic mass is 35.5. The van der Waals surface area contributed by atoms with Crippen LogP contribution < -0.4 is 4.74 Å². The number of oxime groups is 1. The van der Waals surface area contributed by atoms with Gasteiger partial charge in [0.1, 0.15) is 11.5 Å². The zero-order valence-corrected chi connectivity index (χ0v) is 15.2. The molecule has 0 saturated carbocycles. The maximum absolute atomic E-state index is 8.93. The van der Waals surface area contributed by atoms with Crippen LogP contribution in [0.5, 0.6) is 11.5 Å². The van der Waals surface area contributed by atoms with Crippen molar-refractivity contribution < 1.29 is 14.7 Å². The molecule has 4 rings (SSSR count). The summed E-state index contributed by atoms with van der Waals surface area (Å²) in [6.07, 6.45) is 3.02. The van der Waals surface area contributed by atoms with E-state index in [4.69, 9.17) is 26.3 Å². The highest BCUT2D eigenvalue weighted by molar-refractivity contribution is 6.30. The van der Waals surface area contributed by atoms with Gasteiger partial charge in [-0.3, -0.25) is 4.98 Å². The third-order valence-corrected chi connectivity index (χ3v) is 4.51. The summed E-state index contributed by atoms with van der Waals surface area (Å²) in [6, 6.07) is 13.0. The molecule has 27 heavy (non-hydrogen) atoms. The summed E-state index contributed by atoms with van der Waals surface area (Å²) < 4.78 is 11.3. The van der Waals surface area contributed by atoms with Crippen LogP contribution in [0.15, 0.2) is 53.8 Å². The molecular formula is C20H16ClN3O3. The largest absolute Gasteiger partial charge is 0.457 e. The molecular weight excluding hydrogens is 366 g/mol. The standard InChI is InChI=1S/C20H16ClN3O3/c1-26-11-16-18(10-23-25)22-9-19-20(16)15-8-14(6-7-17(15)24-19)27-13-4-2-12(21)3-5-13/h2-10,24-25H,11H2,1H3/b23-10-. The van der Waals surface area contributed by atoms with Crippen LogP contribution in [-0.2, 0) is 11.3 Å². The van der Waals surface area contributed by atoms with Crippen LogP contribution in [-0.4, -0.2) is 28.5 Å². The Morgan fingerprint density at radius 1 is 1.15 bits per heavy atom. The molecule has 2 aromatic carbocycles. The predicted octanol–water partition coefficient (Wildman–Crippen LogP) is 5.12. The van der Waals surface area contributed by atoms with Crippen LogP contribution in [0.1, 0.15) is 11.3 Å². The minimum absolute atomic E-state index is 0.334. The summed E-state index contributed by atoms with van der Waals surface area (Å²) in [4.78, 5) is 7.69. The number of halogens is 1. The average Bonchev–Trinajstić information content (AvgIpc) is 3.04. The van der Waals surface area contributed by atoms with Crippen LogP contribution in [0.2, 0.25) is 5.02 Å². The van der Waals surface area contributed by atoms with Crippen LogP contribution in [0.4, 0.5) is 0 Å². The van der Waals surface area contributed by atoms with Gasteiger partial charge in [-0.05, 0) is 42.5 Å². The van der Waals surface area contributed by atoms with Crippen LogP contribution in [0.3, 0.4) is 0 Å². The van der Waals surface area contributed by atoms with Crippen molar-refractivity contribution in [3.63, 3.8) is 0 Å². The quantitative estimate of drug-likeness (QED) is 0.286. The fourth-order valence-corrected chi connectivity index (χ4v) is 3.24. The van der Waals surface area contributed by atoms with E-state index >= 15 is 0 Å². The van der Waals surface area contributed by atoms with Gasteiger partial charge in [-0.15, -0.1) is 0 Å². The molecule has 2 heterocycles. The summed E-state index contributed by atoms with van der Waals surface area (Å²) >= 11 is 5.93. The first-order chi connectivity index (χ1) is 13.2. The zero-order chi connectivity index (χ0) is 18.8. The molecule has 0 radical (unpaired) electrons. The second kappa shape index (κ2) is 7.26. The third-order valence-electron chi connectivity index (χ3n) is 4.26. The molecule has 0 atom stereocenters. The second-order valence-corrected chi connectivity index (χ2v) is 6.41. The lowest BCUT2D eigenvalue weighted by Crippen LogP contribution is -1.99. The highest BCUT2D eigenvalue weighted by Gasteiger charge is 2.14. The highest BCUT2D eigenvalue weighted by Crippen LogP contribution is 2.33. The molecule has 0 saturated heterocycles. The van der Waals surface area contributed by atoms with E-state index in [1.807, 2.05) is 30.3 Å².